The molecule has 2 heterocycles. The number of likely N-dealkylation sites (tertiary alicyclic amines) is 1. The maximum Gasteiger partial charge on any atom is 0.0653 e. The topological polar surface area (TPSA) is 54.2 Å². The van der Waals surface area contributed by atoms with E-state index in [-0.39, 0.29) is 11.6 Å². The zero-order valence-corrected chi connectivity index (χ0v) is 11.4. The average molecular weight is 248 g/mol. The van der Waals surface area contributed by atoms with Crippen LogP contribution in [0.1, 0.15) is 44.7 Å². The Morgan fingerprint density at radius 2 is 2.06 bits per heavy atom. The normalized spacial score (nSPS) is 19.7. The molecular formula is C14H24N4. The Labute approximate surface area is 110 Å². The van der Waals surface area contributed by atoms with E-state index in [2.05, 4.69) is 35.2 Å². The Morgan fingerprint density at radius 3 is 2.61 bits per heavy atom. The van der Waals surface area contributed by atoms with Crippen LogP contribution in [0.4, 0.5) is 0 Å². The lowest BCUT2D eigenvalue weighted by Crippen LogP contribution is -2.55. The Hall–Kier alpha value is -0.970. The van der Waals surface area contributed by atoms with E-state index in [1.165, 1.54) is 19.3 Å². The fraction of sp³-hybridized carbons (Fsp3) is 0.643. The van der Waals surface area contributed by atoms with Crippen LogP contribution < -0.4 is 11.3 Å². The summed E-state index contributed by atoms with van der Waals surface area (Å²) in [6, 6.07) is 4.15. The molecule has 1 saturated heterocycles. The molecule has 1 aromatic heterocycles. The van der Waals surface area contributed by atoms with Crippen LogP contribution in [0, 0.1) is 0 Å². The molecule has 1 unspecified atom stereocenters. The molecule has 0 amide bonds. The van der Waals surface area contributed by atoms with Gasteiger partial charge in [-0.3, -0.25) is 21.2 Å². The molecule has 0 spiro atoms. The van der Waals surface area contributed by atoms with Crippen molar-refractivity contribution in [1.82, 2.24) is 15.3 Å². The summed E-state index contributed by atoms with van der Waals surface area (Å²) >= 11 is 0. The molecule has 1 atom stereocenters. The largest absolute Gasteiger partial charge is 0.296 e. The van der Waals surface area contributed by atoms with Gasteiger partial charge in [0.1, 0.15) is 0 Å². The molecule has 100 valence electrons. The van der Waals surface area contributed by atoms with E-state index < -0.39 is 0 Å². The lowest BCUT2D eigenvalue weighted by atomic mass is 9.86. The van der Waals surface area contributed by atoms with Crippen LogP contribution in [0.5, 0.6) is 0 Å². The first kappa shape index (κ1) is 13.5. The highest BCUT2D eigenvalue weighted by molar-refractivity contribution is 5.18. The molecule has 4 nitrogen and oxygen atoms in total. The van der Waals surface area contributed by atoms with Crippen molar-refractivity contribution in [2.75, 3.05) is 13.1 Å². The second kappa shape index (κ2) is 5.78. The number of aromatic nitrogens is 1. The quantitative estimate of drug-likeness (QED) is 0.631. The summed E-state index contributed by atoms with van der Waals surface area (Å²) in [6.45, 7) is 6.84. The Kier molecular flexibility index (Phi) is 4.32. The van der Waals surface area contributed by atoms with Crippen molar-refractivity contribution in [3.63, 3.8) is 0 Å². The van der Waals surface area contributed by atoms with Crippen LogP contribution in [-0.2, 0) is 0 Å². The highest BCUT2D eigenvalue weighted by Gasteiger charge is 2.36. The molecule has 2 rings (SSSR count). The van der Waals surface area contributed by atoms with E-state index in [1.54, 1.807) is 6.20 Å². The van der Waals surface area contributed by atoms with Gasteiger partial charge in [0.25, 0.3) is 0 Å². The molecule has 0 saturated carbocycles. The van der Waals surface area contributed by atoms with Crippen LogP contribution in [0.25, 0.3) is 0 Å². The number of nitrogens with two attached hydrogens (primary N) is 1. The van der Waals surface area contributed by atoms with Gasteiger partial charge in [-0.05, 0) is 51.4 Å². The number of pyridine rings is 1. The summed E-state index contributed by atoms with van der Waals surface area (Å²) < 4.78 is 0. The number of hydrogen-bond acceptors (Lipinski definition) is 4. The summed E-state index contributed by atoms with van der Waals surface area (Å²) in [5.74, 6) is 5.79. The van der Waals surface area contributed by atoms with Gasteiger partial charge < -0.3 is 0 Å². The van der Waals surface area contributed by atoms with Crippen LogP contribution in [0.2, 0.25) is 0 Å². The monoisotopic (exact) mass is 248 g/mol. The van der Waals surface area contributed by atoms with Gasteiger partial charge in [-0.2, -0.15) is 0 Å². The second-order valence-corrected chi connectivity index (χ2v) is 5.59. The maximum atomic E-state index is 5.79. The molecule has 0 aromatic carbocycles. The summed E-state index contributed by atoms with van der Waals surface area (Å²) in [7, 11) is 0. The number of piperidine rings is 1. The minimum atomic E-state index is -0.00178. The highest BCUT2D eigenvalue weighted by Crippen LogP contribution is 2.32. The zero-order valence-electron chi connectivity index (χ0n) is 11.4. The third-order valence-electron chi connectivity index (χ3n) is 4.06. The summed E-state index contributed by atoms with van der Waals surface area (Å²) in [5, 5.41) is 0. The third kappa shape index (κ3) is 2.71. The van der Waals surface area contributed by atoms with Crippen LogP contribution in [0.3, 0.4) is 0 Å². The Morgan fingerprint density at radius 1 is 1.33 bits per heavy atom. The molecule has 4 heteroatoms. The molecule has 3 N–H and O–H groups in total. The van der Waals surface area contributed by atoms with Gasteiger partial charge in [-0.15, -0.1) is 0 Å². The number of hydrazine groups is 1. The molecule has 1 aromatic rings. The van der Waals surface area contributed by atoms with E-state index >= 15 is 0 Å². The molecule has 0 bridgehead atoms. The summed E-state index contributed by atoms with van der Waals surface area (Å²) in [6.07, 6.45) is 7.61. The molecule has 1 aliphatic rings. The standard InChI is InChI=1S/C14H24N4/c1-14(2,18-9-4-3-5-10-18)13(17-15)12-7-6-8-16-11-12/h6-8,11,13,17H,3-5,9-10,15H2,1-2H3. The summed E-state index contributed by atoms with van der Waals surface area (Å²) in [4.78, 5) is 6.73. The van der Waals surface area contributed by atoms with Crippen molar-refractivity contribution in [2.24, 2.45) is 5.84 Å². The molecule has 18 heavy (non-hydrogen) atoms. The molecule has 0 aliphatic carbocycles. The molecule has 1 aliphatic heterocycles. The molecular weight excluding hydrogens is 224 g/mol. The third-order valence-corrected chi connectivity index (χ3v) is 4.06. The van der Waals surface area contributed by atoms with Crippen molar-refractivity contribution in [3.05, 3.63) is 30.1 Å². The fourth-order valence-electron chi connectivity index (χ4n) is 2.91. The second-order valence-electron chi connectivity index (χ2n) is 5.59. The number of nitrogens with zero attached hydrogens (tertiary/aromatic N) is 2. The SMILES string of the molecule is CC(C)(C(NN)c1cccnc1)N1CCCCC1. The van der Waals surface area contributed by atoms with Gasteiger partial charge >= 0.3 is 0 Å². The van der Waals surface area contributed by atoms with Crippen molar-refractivity contribution in [2.45, 2.75) is 44.7 Å². The van der Waals surface area contributed by atoms with Gasteiger partial charge in [0.15, 0.2) is 0 Å². The van der Waals surface area contributed by atoms with Gasteiger partial charge in [0, 0.05) is 17.9 Å². The van der Waals surface area contributed by atoms with Crippen LogP contribution in [0.15, 0.2) is 24.5 Å². The van der Waals surface area contributed by atoms with Gasteiger partial charge in [0.2, 0.25) is 0 Å². The maximum absolute atomic E-state index is 5.79. The molecule has 1 fully saturated rings. The molecule has 0 radical (unpaired) electrons. The van der Waals surface area contributed by atoms with Gasteiger partial charge in [-0.1, -0.05) is 12.5 Å². The van der Waals surface area contributed by atoms with Crippen LogP contribution >= 0.6 is 0 Å². The predicted molar refractivity (Wildman–Crippen MR) is 73.8 cm³/mol. The van der Waals surface area contributed by atoms with E-state index in [0.717, 1.165) is 18.7 Å². The first-order valence-corrected chi connectivity index (χ1v) is 6.77. The van der Waals surface area contributed by atoms with E-state index in [1.807, 2.05) is 12.3 Å². The smallest absolute Gasteiger partial charge is 0.0653 e. The Bertz CT molecular complexity index is 357. The lowest BCUT2D eigenvalue weighted by Gasteiger charge is -2.45. The van der Waals surface area contributed by atoms with Crippen molar-refractivity contribution >= 4 is 0 Å². The average Bonchev–Trinajstić information content (AvgIpc) is 2.41. The number of hydrogen-bond donors (Lipinski definition) is 2. The predicted octanol–water partition coefficient (Wildman–Crippen LogP) is 1.85. The lowest BCUT2D eigenvalue weighted by molar-refractivity contribution is 0.0607. The van der Waals surface area contributed by atoms with Crippen molar-refractivity contribution < 1.29 is 0 Å². The Balaban J connectivity index is 2.19. The first-order chi connectivity index (χ1) is 8.66. The highest BCUT2D eigenvalue weighted by atomic mass is 15.3. The zero-order chi connectivity index (χ0) is 13.0. The van der Waals surface area contributed by atoms with Gasteiger partial charge in [0.05, 0.1) is 6.04 Å². The van der Waals surface area contributed by atoms with Crippen molar-refractivity contribution in [1.29, 1.82) is 0 Å². The van der Waals surface area contributed by atoms with Crippen LogP contribution in [-0.4, -0.2) is 28.5 Å². The number of rotatable bonds is 4. The van der Waals surface area contributed by atoms with E-state index in [9.17, 15) is 0 Å². The van der Waals surface area contributed by atoms with E-state index in [4.69, 9.17) is 5.84 Å². The van der Waals surface area contributed by atoms with Crippen molar-refractivity contribution in [3.8, 4) is 0 Å². The summed E-state index contributed by atoms with van der Waals surface area (Å²) in [5.41, 5.74) is 4.12. The first-order valence-electron chi connectivity index (χ1n) is 6.77. The number of nitrogens with one attached hydrogen (secondary N) is 1. The fourth-order valence-corrected chi connectivity index (χ4v) is 2.91. The minimum Gasteiger partial charge on any atom is -0.296 e. The van der Waals surface area contributed by atoms with Gasteiger partial charge in [-0.25, -0.2) is 0 Å². The minimum absolute atomic E-state index is 0.00178. The van der Waals surface area contributed by atoms with E-state index in [0.29, 0.717) is 0 Å².